The van der Waals surface area contributed by atoms with E-state index in [2.05, 4.69) is 15.5 Å². The van der Waals surface area contributed by atoms with Crippen LogP contribution in [-0.2, 0) is 4.79 Å². The van der Waals surface area contributed by atoms with E-state index in [1.54, 1.807) is 24.3 Å². The summed E-state index contributed by atoms with van der Waals surface area (Å²) in [4.78, 5) is 14.1. The molecule has 2 aromatic heterocycles. The molecule has 124 valence electrons. The molecular weight excluding hydrogens is 382 g/mol. The summed E-state index contributed by atoms with van der Waals surface area (Å²) in [5.74, 6) is 0.910. The normalized spacial score (nSPS) is 16.2. The minimum Gasteiger partial charge on any atom is -0.457 e. The predicted molar refractivity (Wildman–Crippen MR) is 98.4 cm³/mol. The number of tetrazole rings is 1. The maximum absolute atomic E-state index is 12.5. The van der Waals surface area contributed by atoms with Crippen LogP contribution in [0.4, 0.5) is 0 Å². The zero-order valence-corrected chi connectivity index (χ0v) is 14.8. The molecule has 4 rings (SSSR count). The Morgan fingerprint density at radius 1 is 1.20 bits per heavy atom. The molecule has 0 bridgehead atoms. The van der Waals surface area contributed by atoms with Crippen LogP contribution in [0.25, 0.3) is 17.4 Å². The van der Waals surface area contributed by atoms with E-state index in [9.17, 15) is 4.79 Å². The lowest BCUT2D eigenvalue weighted by molar-refractivity contribution is -0.114. The van der Waals surface area contributed by atoms with Gasteiger partial charge in [0.2, 0.25) is 0 Å². The lowest BCUT2D eigenvalue weighted by Crippen LogP contribution is -2.38. The predicted octanol–water partition coefficient (Wildman–Crippen LogP) is 3.12. The molecule has 0 N–H and O–H groups in total. The number of nitrogens with zero attached hydrogens (tertiary/aromatic N) is 5. The van der Waals surface area contributed by atoms with Crippen LogP contribution in [-0.4, -0.2) is 30.5 Å². The number of furan rings is 1. The molecule has 3 heterocycles. The van der Waals surface area contributed by atoms with Gasteiger partial charge in [-0.25, -0.2) is 0 Å². The number of amides is 1. The van der Waals surface area contributed by atoms with Crippen LogP contribution in [0.15, 0.2) is 52.0 Å². The van der Waals surface area contributed by atoms with Gasteiger partial charge in [0.1, 0.15) is 11.5 Å². The molecule has 0 atom stereocenters. The van der Waals surface area contributed by atoms with Gasteiger partial charge in [-0.05, 0) is 59.0 Å². The number of thioether (sulfide) groups is 1. The monoisotopic (exact) mass is 389 g/mol. The van der Waals surface area contributed by atoms with E-state index in [0.29, 0.717) is 25.8 Å². The van der Waals surface area contributed by atoms with Crippen molar-refractivity contribution >= 4 is 51.9 Å². The third-order valence-electron chi connectivity index (χ3n) is 3.35. The second-order valence-corrected chi connectivity index (χ2v) is 7.04. The first-order valence-corrected chi connectivity index (χ1v) is 8.59. The Morgan fingerprint density at radius 2 is 2.00 bits per heavy atom. The number of rotatable bonds is 3. The van der Waals surface area contributed by atoms with Gasteiger partial charge in [0.25, 0.3) is 5.91 Å². The number of carbonyl (C=O) groups excluding carboxylic acids is 1. The highest BCUT2D eigenvalue weighted by Crippen LogP contribution is 2.32. The van der Waals surface area contributed by atoms with Crippen molar-refractivity contribution in [3.05, 3.63) is 58.4 Å². The fraction of sp³-hybridized carbons (Fsp3) is 0. The minimum atomic E-state index is -0.313. The Hall–Kier alpha value is -2.49. The third kappa shape index (κ3) is 3.09. The quantitative estimate of drug-likeness (QED) is 0.503. The number of thiocarbonyl (C=S) groups is 1. The second kappa shape index (κ2) is 6.43. The smallest absolute Gasteiger partial charge is 0.287 e. The van der Waals surface area contributed by atoms with Gasteiger partial charge in [-0.1, -0.05) is 23.4 Å². The summed E-state index contributed by atoms with van der Waals surface area (Å²) in [7, 11) is 0. The molecule has 3 aromatic rings. The number of hydrogen-bond donors (Lipinski definition) is 0. The van der Waals surface area contributed by atoms with E-state index in [-0.39, 0.29) is 5.91 Å². The number of benzene rings is 1. The molecule has 0 aliphatic carbocycles. The highest BCUT2D eigenvalue weighted by molar-refractivity contribution is 8.27. The van der Waals surface area contributed by atoms with Gasteiger partial charge in [0, 0.05) is 16.7 Å². The minimum absolute atomic E-state index is 0.313. The van der Waals surface area contributed by atoms with Gasteiger partial charge in [-0.3, -0.25) is 4.79 Å². The van der Waals surface area contributed by atoms with Crippen molar-refractivity contribution in [3.8, 4) is 11.3 Å². The molecule has 1 saturated heterocycles. The van der Waals surface area contributed by atoms with E-state index in [0.717, 1.165) is 17.3 Å². The summed E-state index contributed by atoms with van der Waals surface area (Å²) in [5, 5.41) is 12.6. The molecule has 1 aliphatic rings. The molecular formula is C15H8ClN5O2S2. The van der Waals surface area contributed by atoms with Crippen LogP contribution >= 0.6 is 35.6 Å². The largest absolute Gasteiger partial charge is 0.457 e. The Morgan fingerprint density at radius 3 is 2.72 bits per heavy atom. The molecule has 25 heavy (non-hydrogen) atoms. The van der Waals surface area contributed by atoms with E-state index in [4.69, 9.17) is 28.2 Å². The Kier molecular flexibility index (Phi) is 4.12. The molecule has 1 fully saturated rings. The van der Waals surface area contributed by atoms with Crippen molar-refractivity contribution in [1.29, 1.82) is 0 Å². The highest BCUT2D eigenvalue weighted by atomic mass is 35.5. The van der Waals surface area contributed by atoms with Crippen LogP contribution in [0, 0.1) is 0 Å². The Bertz CT molecular complexity index is 982. The number of carbonyl (C=O) groups is 1. The second-order valence-electron chi connectivity index (χ2n) is 4.93. The fourth-order valence-corrected chi connectivity index (χ4v) is 3.57. The van der Waals surface area contributed by atoms with Crippen molar-refractivity contribution in [1.82, 2.24) is 20.3 Å². The summed E-state index contributed by atoms with van der Waals surface area (Å²) in [6, 6.07) is 10.9. The maximum atomic E-state index is 12.5. The third-order valence-corrected chi connectivity index (χ3v) is 4.88. The molecule has 1 amide bonds. The van der Waals surface area contributed by atoms with Gasteiger partial charge in [-0.15, -0.1) is 9.89 Å². The first-order valence-electron chi connectivity index (χ1n) is 6.99. The molecule has 10 heteroatoms. The Balaban J connectivity index is 1.60. The number of halogens is 1. The maximum Gasteiger partial charge on any atom is 0.287 e. The average molecular weight is 390 g/mol. The molecule has 1 aromatic carbocycles. The topological polar surface area (TPSA) is 77.0 Å². The van der Waals surface area contributed by atoms with Gasteiger partial charge in [0.15, 0.2) is 10.6 Å². The van der Waals surface area contributed by atoms with Gasteiger partial charge >= 0.3 is 0 Å². The highest BCUT2D eigenvalue weighted by Gasteiger charge is 2.34. The summed E-state index contributed by atoms with van der Waals surface area (Å²) < 4.78 is 6.13. The summed E-state index contributed by atoms with van der Waals surface area (Å²) in [6.07, 6.45) is 2.95. The standard InChI is InChI=1S/C15H8ClN5O2S2/c16-10-3-1-9(2-4-10)12-6-5-11(23-12)7-13-14(22)21(15(24)25-13)20-8-17-18-19-20/h1-8H/b13-7+. The number of hydrogen-bond acceptors (Lipinski definition) is 7. The zero-order valence-electron chi connectivity index (χ0n) is 12.4. The molecule has 0 unspecified atom stereocenters. The van der Waals surface area contributed by atoms with Gasteiger partial charge in [-0.2, -0.15) is 5.01 Å². The van der Waals surface area contributed by atoms with Crippen LogP contribution in [0.3, 0.4) is 0 Å². The van der Waals surface area contributed by atoms with Gasteiger partial charge in [0.05, 0.1) is 4.91 Å². The van der Waals surface area contributed by atoms with Crippen molar-refractivity contribution in [2.24, 2.45) is 0 Å². The fourth-order valence-electron chi connectivity index (χ4n) is 2.21. The van der Waals surface area contributed by atoms with Crippen LogP contribution in [0.1, 0.15) is 5.76 Å². The van der Waals surface area contributed by atoms with Crippen molar-refractivity contribution in [3.63, 3.8) is 0 Å². The molecule has 7 nitrogen and oxygen atoms in total. The SMILES string of the molecule is O=C1/C(=C\c2ccc(-c3ccc(Cl)cc3)o2)SC(=S)N1n1cnnn1. The first kappa shape index (κ1) is 16.0. The van der Waals surface area contributed by atoms with Crippen LogP contribution < -0.4 is 5.01 Å². The van der Waals surface area contributed by atoms with Crippen LogP contribution in [0.5, 0.6) is 0 Å². The van der Waals surface area contributed by atoms with E-state index in [1.807, 2.05) is 18.2 Å². The van der Waals surface area contributed by atoms with Gasteiger partial charge < -0.3 is 4.42 Å². The molecule has 0 saturated carbocycles. The van der Waals surface area contributed by atoms with Crippen molar-refractivity contribution in [2.75, 3.05) is 5.01 Å². The number of aromatic nitrogens is 4. The van der Waals surface area contributed by atoms with Crippen molar-refractivity contribution in [2.45, 2.75) is 0 Å². The first-order chi connectivity index (χ1) is 12.1. The lowest BCUT2D eigenvalue weighted by Gasteiger charge is -2.10. The average Bonchev–Trinajstić information content (AvgIpc) is 3.31. The summed E-state index contributed by atoms with van der Waals surface area (Å²) in [5.41, 5.74) is 0.894. The zero-order chi connectivity index (χ0) is 17.4. The lowest BCUT2D eigenvalue weighted by atomic mass is 10.2. The van der Waals surface area contributed by atoms with E-state index < -0.39 is 0 Å². The molecule has 1 aliphatic heterocycles. The van der Waals surface area contributed by atoms with E-state index in [1.165, 1.54) is 16.1 Å². The summed E-state index contributed by atoms with van der Waals surface area (Å²) in [6.45, 7) is 0. The van der Waals surface area contributed by atoms with Crippen LogP contribution in [0.2, 0.25) is 5.02 Å². The van der Waals surface area contributed by atoms with Crippen molar-refractivity contribution < 1.29 is 9.21 Å². The molecule has 0 spiro atoms. The summed E-state index contributed by atoms with van der Waals surface area (Å²) >= 11 is 12.3. The Labute approximate surface area is 156 Å². The van der Waals surface area contributed by atoms with E-state index >= 15 is 0 Å². The molecule has 0 radical (unpaired) electrons.